The average Bonchev–Trinajstić information content (AvgIpc) is 2.88. The minimum Gasteiger partial charge on any atom is -0.507 e. The first-order chi connectivity index (χ1) is 16.6. The number of carbonyl (C=O) groups is 1. The number of hydrogen-bond donors (Lipinski definition) is 2. The number of carbonyl (C=O) groups excluding carboxylic acids is 1. The molecule has 1 heterocycles. The third-order valence-electron chi connectivity index (χ3n) is 5.61. The molecule has 0 bridgehead atoms. The van der Waals surface area contributed by atoms with E-state index in [1.807, 2.05) is 30.3 Å². The number of fused-ring (bicyclic) bond motifs is 1. The third kappa shape index (κ3) is 3.93. The molecule has 0 spiro atoms. The van der Waals surface area contributed by atoms with Crippen LogP contribution in [-0.4, -0.2) is 20.6 Å². The van der Waals surface area contributed by atoms with Crippen molar-refractivity contribution in [2.24, 2.45) is 0 Å². The van der Waals surface area contributed by atoms with E-state index in [1.54, 1.807) is 72.8 Å². The number of phenols is 1. The van der Waals surface area contributed by atoms with Gasteiger partial charge in [0, 0.05) is 6.54 Å². The Morgan fingerprint density at radius 1 is 0.824 bits per heavy atom. The van der Waals surface area contributed by atoms with E-state index in [4.69, 9.17) is 4.98 Å². The Kier molecular flexibility index (Phi) is 5.62. The van der Waals surface area contributed by atoms with Crippen LogP contribution >= 0.6 is 0 Å². The van der Waals surface area contributed by atoms with Gasteiger partial charge in [-0.3, -0.25) is 14.2 Å². The molecule has 1 aromatic heterocycles. The number of amides is 1. The largest absolute Gasteiger partial charge is 0.507 e. The van der Waals surface area contributed by atoms with Crippen molar-refractivity contribution in [2.75, 3.05) is 0 Å². The molecule has 0 aliphatic rings. The van der Waals surface area contributed by atoms with Crippen molar-refractivity contribution >= 4 is 16.8 Å². The highest BCUT2D eigenvalue weighted by molar-refractivity contribution is 5.98. The van der Waals surface area contributed by atoms with Gasteiger partial charge in [0.1, 0.15) is 5.75 Å². The summed E-state index contributed by atoms with van der Waals surface area (Å²) in [6.07, 6.45) is 0. The summed E-state index contributed by atoms with van der Waals surface area (Å²) in [5.74, 6) is -0.0719. The number of hydrogen-bond acceptors (Lipinski definition) is 4. The van der Waals surface area contributed by atoms with Gasteiger partial charge in [-0.2, -0.15) is 0 Å². The summed E-state index contributed by atoms with van der Waals surface area (Å²) in [6, 6.07) is 30.2. The SMILES string of the molecule is O=C(NCc1ccccc1)c1ccccc1-n1c(-c2ccccc2O)nc2ccccc2c1=O. The van der Waals surface area contributed by atoms with Gasteiger partial charge in [-0.1, -0.05) is 66.7 Å². The molecule has 0 saturated carbocycles. The Balaban J connectivity index is 1.69. The van der Waals surface area contributed by atoms with Crippen molar-refractivity contribution in [3.8, 4) is 22.8 Å². The molecule has 0 fully saturated rings. The highest BCUT2D eigenvalue weighted by atomic mass is 16.3. The fourth-order valence-electron chi connectivity index (χ4n) is 3.93. The fraction of sp³-hybridized carbons (Fsp3) is 0.0357. The molecule has 1 amide bonds. The zero-order valence-electron chi connectivity index (χ0n) is 18.2. The van der Waals surface area contributed by atoms with Crippen molar-refractivity contribution in [1.82, 2.24) is 14.9 Å². The van der Waals surface area contributed by atoms with Crippen molar-refractivity contribution in [3.05, 3.63) is 125 Å². The Labute approximate surface area is 195 Å². The van der Waals surface area contributed by atoms with E-state index in [0.29, 0.717) is 34.3 Å². The van der Waals surface area contributed by atoms with Crippen LogP contribution in [0.4, 0.5) is 0 Å². The maximum absolute atomic E-state index is 13.7. The maximum atomic E-state index is 13.7. The van der Waals surface area contributed by atoms with E-state index in [0.717, 1.165) is 5.56 Å². The number of rotatable bonds is 5. The number of phenolic OH excluding ortho intramolecular Hbond substituents is 1. The summed E-state index contributed by atoms with van der Waals surface area (Å²) in [7, 11) is 0. The van der Waals surface area contributed by atoms with Crippen LogP contribution in [0, 0.1) is 0 Å². The predicted octanol–water partition coefficient (Wildman–Crippen LogP) is 4.69. The summed E-state index contributed by atoms with van der Waals surface area (Å²) < 4.78 is 1.40. The number of aromatic hydroxyl groups is 1. The summed E-state index contributed by atoms with van der Waals surface area (Å²) in [4.78, 5) is 31.6. The molecule has 5 rings (SSSR count). The number of nitrogens with zero attached hydrogens (tertiary/aromatic N) is 2. The van der Waals surface area contributed by atoms with E-state index in [-0.39, 0.29) is 23.0 Å². The lowest BCUT2D eigenvalue weighted by Gasteiger charge is -2.17. The molecule has 0 aliphatic carbocycles. The summed E-state index contributed by atoms with van der Waals surface area (Å²) in [5, 5.41) is 13.9. The van der Waals surface area contributed by atoms with Gasteiger partial charge in [-0.25, -0.2) is 4.98 Å². The lowest BCUT2D eigenvalue weighted by Crippen LogP contribution is -2.28. The van der Waals surface area contributed by atoms with Gasteiger partial charge in [-0.15, -0.1) is 0 Å². The second-order valence-corrected chi connectivity index (χ2v) is 7.80. The van der Waals surface area contributed by atoms with Crippen molar-refractivity contribution in [1.29, 1.82) is 0 Å². The number of nitrogens with one attached hydrogen (secondary N) is 1. The summed E-state index contributed by atoms with van der Waals surface area (Å²) >= 11 is 0. The van der Waals surface area contributed by atoms with Crippen molar-refractivity contribution in [3.63, 3.8) is 0 Å². The van der Waals surface area contributed by atoms with Crippen LogP contribution in [0.25, 0.3) is 28.0 Å². The van der Waals surface area contributed by atoms with Crippen LogP contribution in [0.1, 0.15) is 15.9 Å². The molecule has 0 radical (unpaired) electrons. The second kappa shape index (κ2) is 9.03. The Hall–Kier alpha value is -4.71. The lowest BCUT2D eigenvalue weighted by molar-refractivity contribution is 0.0951. The fourth-order valence-corrected chi connectivity index (χ4v) is 3.93. The minimum atomic E-state index is -0.327. The van der Waals surface area contributed by atoms with Gasteiger partial charge in [0.25, 0.3) is 11.5 Å². The molecular weight excluding hydrogens is 426 g/mol. The first kappa shape index (κ1) is 21.2. The van der Waals surface area contributed by atoms with Crippen LogP contribution in [0.2, 0.25) is 0 Å². The molecule has 0 aliphatic heterocycles. The Morgan fingerprint density at radius 2 is 1.50 bits per heavy atom. The maximum Gasteiger partial charge on any atom is 0.266 e. The first-order valence-electron chi connectivity index (χ1n) is 10.8. The number of para-hydroxylation sites is 3. The molecule has 0 saturated heterocycles. The molecule has 0 unspecified atom stereocenters. The van der Waals surface area contributed by atoms with Gasteiger partial charge in [0.15, 0.2) is 5.82 Å². The van der Waals surface area contributed by atoms with Crippen LogP contribution in [-0.2, 0) is 6.54 Å². The molecule has 2 N–H and O–H groups in total. The molecule has 4 aromatic carbocycles. The first-order valence-corrected chi connectivity index (χ1v) is 10.8. The molecule has 6 nitrogen and oxygen atoms in total. The summed E-state index contributed by atoms with van der Waals surface area (Å²) in [6.45, 7) is 0.352. The van der Waals surface area contributed by atoms with E-state index in [1.165, 1.54) is 4.57 Å². The molecular formula is C28H21N3O3. The third-order valence-corrected chi connectivity index (χ3v) is 5.61. The smallest absolute Gasteiger partial charge is 0.266 e. The number of aromatic nitrogens is 2. The Morgan fingerprint density at radius 3 is 2.32 bits per heavy atom. The average molecular weight is 447 g/mol. The molecule has 5 aromatic rings. The normalized spacial score (nSPS) is 10.8. The lowest BCUT2D eigenvalue weighted by atomic mass is 10.1. The van der Waals surface area contributed by atoms with Crippen LogP contribution in [0.15, 0.2) is 108 Å². The van der Waals surface area contributed by atoms with Crippen molar-refractivity contribution in [2.45, 2.75) is 6.54 Å². The second-order valence-electron chi connectivity index (χ2n) is 7.80. The van der Waals surface area contributed by atoms with Gasteiger partial charge < -0.3 is 10.4 Å². The minimum absolute atomic E-state index is 0.00978. The van der Waals surface area contributed by atoms with Crippen LogP contribution in [0.5, 0.6) is 5.75 Å². The van der Waals surface area contributed by atoms with E-state index in [9.17, 15) is 14.7 Å². The molecule has 0 atom stereocenters. The number of benzene rings is 4. The van der Waals surface area contributed by atoms with Gasteiger partial charge in [-0.05, 0) is 42.0 Å². The highest BCUT2D eigenvalue weighted by Gasteiger charge is 2.20. The molecule has 166 valence electrons. The van der Waals surface area contributed by atoms with E-state index < -0.39 is 0 Å². The quantitative estimate of drug-likeness (QED) is 0.409. The van der Waals surface area contributed by atoms with Gasteiger partial charge in [0.05, 0.1) is 27.7 Å². The van der Waals surface area contributed by atoms with Crippen molar-refractivity contribution < 1.29 is 9.90 Å². The topological polar surface area (TPSA) is 84.2 Å². The monoisotopic (exact) mass is 447 g/mol. The van der Waals surface area contributed by atoms with E-state index >= 15 is 0 Å². The Bertz CT molecular complexity index is 1560. The summed E-state index contributed by atoms with van der Waals surface area (Å²) in [5.41, 5.74) is 2.25. The zero-order valence-corrected chi connectivity index (χ0v) is 18.2. The highest BCUT2D eigenvalue weighted by Crippen LogP contribution is 2.30. The zero-order chi connectivity index (χ0) is 23.5. The van der Waals surface area contributed by atoms with Crippen LogP contribution < -0.4 is 10.9 Å². The van der Waals surface area contributed by atoms with Gasteiger partial charge >= 0.3 is 0 Å². The standard InChI is InChI=1S/C28H21N3O3/c32-25-17-9-6-14-22(25)26-30-23-15-7-4-12-20(23)28(34)31(26)24-16-8-5-13-21(24)27(33)29-18-19-10-2-1-3-11-19/h1-17,32H,18H2,(H,29,33). The predicted molar refractivity (Wildman–Crippen MR) is 132 cm³/mol. The van der Waals surface area contributed by atoms with Gasteiger partial charge in [0.2, 0.25) is 0 Å². The van der Waals surface area contributed by atoms with Crippen LogP contribution in [0.3, 0.4) is 0 Å². The molecule has 34 heavy (non-hydrogen) atoms. The van der Waals surface area contributed by atoms with E-state index in [2.05, 4.69) is 5.32 Å². The molecule has 6 heteroatoms.